The molecule has 1 fully saturated rings. The van der Waals surface area contributed by atoms with Crippen molar-refractivity contribution in [2.45, 2.75) is 38.6 Å². The van der Waals surface area contributed by atoms with Crippen LogP contribution in [0.1, 0.15) is 38.2 Å². The zero-order valence-electron chi connectivity index (χ0n) is 11.8. The van der Waals surface area contributed by atoms with Gasteiger partial charge in [-0.2, -0.15) is 0 Å². The molecule has 1 aromatic rings. The minimum Gasteiger partial charge on any atom is -0.486 e. The summed E-state index contributed by atoms with van der Waals surface area (Å²) in [5.41, 5.74) is 1.35. The third kappa shape index (κ3) is 3.03. The van der Waals surface area contributed by atoms with Crippen LogP contribution < -0.4 is 14.8 Å². The molecule has 1 unspecified atom stereocenters. The Morgan fingerprint density at radius 1 is 1.16 bits per heavy atom. The van der Waals surface area contributed by atoms with Crippen LogP contribution in [0.5, 0.6) is 11.5 Å². The van der Waals surface area contributed by atoms with Gasteiger partial charge < -0.3 is 14.8 Å². The number of fused-ring (bicyclic) bond motifs is 1. The van der Waals surface area contributed by atoms with Crippen molar-refractivity contribution < 1.29 is 9.47 Å². The molecule has 1 atom stereocenters. The lowest BCUT2D eigenvalue weighted by Crippen LogP contribution is -2.26. The Kier molecular flexibility index (Phi) is 3.65. The van der Waals surface area contributed by atoms with Crippen molar-refractivity contribution in [1.82, 2.24) is 5.32 Å². The van der Waals surface area contributed by atoms with Crippen molar-refractivity contribution in [3.05, 3.63) is 23.8 Å². The van der Waals surface area contributed by atoms with Gasteiger partial charge in [-0.25, -0.2) is 0 Å². The SMILES string of the molecule is CC(C)C(CNC1CC1)c1ccc2c(c1)OCCO2. The second-order valence-corrected chi connectivity index (χ2v) is 5.94. The van der Waals surface area contributed by atoms with Gasteiger partial charge in [0.2, 0.25) is 0 Å². The second-order valence-electron chi connectivity index (χ2n) is 5.94. The molecule has 0 saturated heterocycles. The molecule has 1 aromatic carbocycles. The van der Waals surface area contributed by atoms with Crippen molar-refractivity contribution in [3.8, 4) is 11.5 Å². The molecule has 1 aliphatic carbocycles. The highest BCUT2D eigenvalue weighted by atomic mass is 16.6. The normalized spacial score (nSPS) is 19.5. The third-order valence-corrected chi connectivity index (χ3v) is 4.00. The zero-order valence-corrected chi connectivity index (χ0v) is 11.8. The van der Waals surface area contributed by atoms with Gasteiger partial charge in [0, 0.05) is 12.6 Å². The molecule has 3 heteroatoms. The average molecular weight is 261 g/mol. The summed E-state index contributed by atoms with van der Waals surface area (Å²) in [7, 11) is 0. The summed E-state index contributed by atoms with van der Waals surface area (Å²) < 4.78 is 11.3. The van der Waals surface area contributed by atoms with Gasteiger partial charge >= 0.3 is 0 Å². The minimum atomic E-state index is 0.538. The summed E-state index contributed by atoms with van der Waals surface area (Å²) in [5, 5.41) is 3.64. The van der Waals surface area contributed by atoms with Gasteiger partial charge in [-0.3, -0.25) is 0 Å². The number of nitrogens with one attached hydrogen (secondary N) is 1. The number of ether oxygens (including phenoxy) is 2. The lowest BCUT2D eigenvalue weighted by molar-refractivity contribution is 0.171. The van der Waals surface area contributed by atoms with Crippen LogP contribution in [0.2, 0.25) is 0 Å². The summed E-state index contributed by atoms with van der Waals surface area (Å²) in [6, 6.07) is 7.16. The van der Waals surface area contributed by atoms with Crippen LogP contribution in [0.4, 0.5) is 0 Å². The van der Waals surface area contributed by atoms with Gasteiger partial charge in [0.1, 0.15) is 13.2 Å². The maximum atomic E-state index is 5.69. The van der Waals surface area contributed by atoms with Gasteiger partial charge in [0.15, 0.2) is 11.5 Å². The van der Waals surface area contributed by atoms with E-state index in [0.717, 1.165) is 24.1 Å². The van der Waals surface area contributed by atoms with Crippen LogP contribution in [-0.2, 0) is 0 Å². The highest BCUT2D eigenvalue weighted by molar-refractivity contribution is 5.45. The molecular weight excluding hydrogens is 238 g/mol. The molecule has 19 heavy (non-hydrogen) atoms. The number of rotatable bonds is 5. The van der Waals surface area contributed by atoms with Crippen LogP contribution in [0.25, 0.3) is 0 Å². The largest absolute Gasteiger partial charge is 0.486 e. The Labute approximate surface area is 115 Å². The Morgan fingerprint density at radius 3 is 2.58 bits per heavy atom. The molecule has 0 radical (unpaired) electrons. The maximum absolute atomic E-state index is 5.69. The average Bonchev–Trinajstić information content (AvgIpc) is 3.22. The van der Waals surface area contributed by atoms with E-state index in [9.17, 15) is 0 Å². The molecule has 2 aliphatic rings. The van der Waals surface area contributed by atoms with Crippen molar-refractivity contribution >= 4 is 0 Å². The van der Waals surface area contributed by atoms with Crippen LogP contribution in [0.15, 0.2) is 18.2 Å². The summed E-state index contributed by atoms with van der Waals surface area (Å²) in [4.78, 5) is 0. The predicted molar refractivity (Wildman–Crippen MR) is 76.0 cm³/mol. The lowest BCUT2D eigenvalue weighted by atomic mass is 9.88. The number of benzene rings is 1. The van der Waals surface area contributed by atoms with Crippen molar-refractivity contribution in [2.24, 2.45) is 5.92 Å². The fourth-order valence-corrected chi connectivity index (χ4v) is 2.61. The van der Waals surface area contributed by atoms with Gasteiger partial charge in [-0.15, -0.1) is 0 Å². The molecule has 1 aliphatic heterocycles. The molecule has 1 saturated carbocycles. The van der Waals surface area contributed by atoms with E-state index in [0.29, 0.717) is 25.0 Å². The fraction of sp³-hybridized carbons (Fsp3) is 0.625. The molecule has 3 nitrogen and oxygen atoms in total. The molecule has 3 rings (SSSR count). The van der Waals surface area contributed by atoms with Crippen LogP contribution in [0.3, 0.4) is 0 Å². The van der Waals surface area contributed by atoms with Gasteiger partial charge in [-0.05, 0) is 42.4 Å². The van der Waals surface area contributed by atoms with Crippen molar-refractivity contribution in [1.29, 1.82) is 0 Å². The number of hydrogen-bond acceptors (Lipinski definition) is 3. The molecular formula is C16H23NO2. The Bertz CT molecular complexity index is 440. The van der Waals surface area contributed by atoms with E-state index in [1.807, 2.05) is 0 Å². The standard InChI is InChI=1S/C16H23NO2/c1-11(2)14(10-17-13-4-5-13)12-3-6-15-16(9-12)19-8-7-18-15/h3,6,9,11,13-14,17H,4-5,7-8,10H2,1-2H3. The summed E-state index contributed by atoms with van der Waals surface area (Å²) in [5.74, 6) is 2.94. The zero-order chi connectivity index (χ0) is 13.2. The molecule has 104 valence electrons. The maximum Gasteiger partial charge on any atom is 0.161 e. The van der Waals surface area contributed by atoms with Crippen molar-refractivity contribution in [3.63, 3.8) is 0 Å². The first-order valence-corrected chi connectivity index (χ1v) is 7.37. The highest BCUT2D eigenvalue weighted by Crippen LogP contribution is 2.35. The second kappa shape index (κ2) is 5.41. The Hall–Kier alpha value is -1.22. The van der Waals surface area contributed by atoms with Crippen LogP contribution in [-0.4, -0.2) is 25.8 Å². The van der Waals surface area contributed by atoms with E-state index in [4.69, 9.17) is 9.47 Å². The van der Waals surface area contributed by atoms with E-state index in [2.05, 4.69) is 37.4 Å². The van der Waals surface area contributed by atoms with Crippen LogP contribution >= 0.6 is 0 Å². The predicted octanol–water partition coefficient (Wildman–Crippen LogP) is 2.95. The summed E-state index contributed by atoms with van der Waals surface area (Å²) >= 11 is 0. The number of hydrogen-bond donors (Lipinski definition) is 1. The molecule has 0 aromatic heterocycles. The van der Waals surface area contributed by atoms with E-state index >= 15 is 0 Å². The first-order valence-electron chi connectivity index (χ1n) is 7.37. The topological polar surface area (TPSA) is 30.5 Å². The molecule has 0 spiro atoms. The molecule has 1 heterocycles. The third-order valence-electron chi connectivity index (χ3n) is 4.00. The highest BCUT2D eigenvalue weighted by Gasteiger charge is 2.24. The first kappa shape index (κ1) is 12.8. The minimum absolute atomic E-state index is 0.538. The van der Waals surface area contributed by atoms with Gasteiger partial charge in [0.05, 0.1) is 0 Å². The first-order chi connectivity index (χ1) is 9.24. The van der Waals surface area contributed by atoms with Gasteiger partial charge in [0.25, 0.3) is 0 Å². The van der Waals surface area contributed by atoms with E-state index in [-0.39, 0.29) is 0 Å². The molecule has 0 bridgehead atoms. The fourth-order valence-electron chi connectivity index (χ4n) is 2.61. The smallest absolute Gasteiger partial charge is 0.161 e. The molecule has 0 amide bonds. The van der Waals surface area contributed by atoms with E-state index in [1.54, 1.807) is 0 Å². The Balaban J connectivity index is 1.76. The van der Waals surface area contributed by atoms with E-state index in [1.165, 1.54) is 18.4 Å². The summed E-state index contributed by atoms with van der Waals surface area (Å²) in [6.07, 6.45) is 2.68. The van der Waals surface area contributed by atoms with Crippen LogP contribution in [0, 0.1) is 5.92 Å². The van der Waals surface area contributed by atoms with E-state index < -0.39 is 0 Å². The summed E-state index contributed by atoms with van der Waals surface area (Å²) in [6.45, 7) is 6.94. The quantitative estimate of drug-likeness (QED) is 0.884. The molecule has 1 N–H and O–H groups in total. The van der Waals surface area contributed by atoms with Gasteiger partial charge in [-0.1, -0.05) is 19.9 Å². The van der Waals surface area contributed by atoms with Crippen molar-refractivity contribution in [2.75, 3.05) is 19.8 Å². The Morgan fingerprint density at radius 2 is 1.89 bits per heavy atom. The lowest BCUT2D eigenvalue weighted by Gasteiger charge is -2.25. The monoisotopic (exact) mass is 261 g/mol.